The second-order valence-electron chi connectivity index (χ2n) is 5.11. The van der Waals surface area contributed by atoms with Gasteiger partial charge in [0, 0.05) is 24.6 Å². The Labute approximate surface area is 94.5 Å². The van der Waals surface area contributed by atoms with E-state index in [1.807, 2.05) is 0 Å². The van der Waals surface area contributed by atoms with Gasteiger partial charge in [-0.2, -0.15) is 0 Å². The molecule has 0 saturated heterocycles. The van der Waals surface area contributed by atoms with Crippen molar-refractivity contribution in [3.63, 3.8) is 0 Å². The monoisotopic (exact) mass is 213 g/mol. The summed E-state index contributed by atoms with van der Waals surface area (Å²) < 4.78 is 0. The summed E-state index contributed by atoms with van der Waals surface area (Å²) in [6.45, 7) is 5.83. The minimum atomic E-state index is 0.195. The van der Waals surface area contributed by atoms with Gasteiger partial charge in [0.15, 0.2) is 0 Å². The molecule has 0 spiro atoms. The van der Waals surface area contributed by atoms with Gasteiger partial charge in [0.25, 0.3) is 0 Å². The maximum atomic E-state index is 9.56. The highest BCUT2D eigenvalue weighted by molar-refractivity contribution is 4.85. The Balaban J connectivity index is 2.38. The van der Waals surface area contributed by atoms with Gasteiger partial charge in [0.1, 0.15) is 0 Å². The van der Waals surface area contributed by atoms with Crippen LogP contribution in [-0.2, 0) is 0 Å². The van der Waals surface area contributed by atoms with Crippen molar-refractivity contribution in [3.05, 3.63) is 0 Å². The Morgan fingerprint density at radius 1 is 1.13 bits per heavy atom. The van der Waals surface area contributed by atoms with Crippen molar-refractivity contribution in [2.75, 3.05) is 13.2 Å². The van der Waals surface area contributed by atoms with Gasteiger partial charge in [0.05, 0.1) is 0 Å². The van der Waals surface area contributed by atoms with Crippen LogP contribution in [0.4, 0.5) is 0 Å². The van der Waals surface area contributed by atoms with E-state index in [2.05, 4.69) is 19.2 Å². The molecule has 0 radical (unpaired) electrons. The molecule has 0 amide bonds. The Morgan fingerprint density at radius 2 is 1.73 bits per heavy atom. The third-order valence-corrected chi connectivity index (χ3v) is 4.00. The fourth-order valence-corrected chi connectivity index (χ4v) is 2.63. The molecule has 1 aliphatic carbocycles. The molecule has 2 heteroatoms. The molecule has 0 atom stereocenters. The van der Waals surface area contributed by atoms with Crippen LogP contribution in [0.1, 0.15) is 58.8 Å². The Kier molecular flexibility index (Phi) is 5.62. The third-order valence-electron chi connectivity index (χ3n) is 4.00. The first-order valence-corrected chi connectivity index (χ1v) is 6.60. The molecule has 1 rings (SSSR count). The fraction of sp³-hybridized carbons (Fsp3) is 1.00. The van der Waals surface area contributed by atoms with E-state index in [1.165, 1.54) is 44.9 Å². The van der Waals surface area contributed by atoms with E-state index in [0.717, 1.165) is 6.54 Å². The van der Waals surface area contributed by atoms with E-state index in [4.69, 9.17) is 0 Å². The van der Waals surface area contributed by atoms with Crippen LogP contribution >= 0.6 is 0 Å². The second-order valence-corrected chi connectivity index (χ2v) is 5.11. The summed E-state index contributed by atoms with van der Waals surface area (Å²) in [6.07, 6.45) is 8.74. The van der Waals surface area contributed by atoms with Crippen LogP contribution < -0.4 is 5.32 Å². The molecular formula is C13H27NO. The van der Waals surface area contributed by atoms with Crippen LogP contribution in [0.3, 0.4) is 0 Å². The van der Waals surface area contributed by atoms with Crippen molar-refractivity contribution < 1.29 is 5.11 Å². The van der Waals surface area contributed by atoms with Gasteiger partial charge in [0.2, 0.25) is 0 Å². The average Bonchev–Trinajstić information content (AvgIpc) is 2.31. The maximum Gasteiger partial charge on any atom is 0.0499 e. The zero-order valence-electron chi connectivity index (χ0n) is 10.4. The Bertz CT molecular complexity index is 160. The molecular weight excluding hydrogens is 186 g/mol. The number of aliphatic hydroxyl groups excluding tert-OH is 1. The summed E-state index contributed by atoms with van der Waals surface area (Å²) in [5.41, 5.74) is 0.195. The molecule has 1 aliphatic rings. The molecule has 2 N–H and O–H groups in total. The zero-order chi connectivity index (χ0) is 11.1. The molecule has 2 nitrogen and oxygen atoms in total. The first kappa shape index (κ1) is 13.0. The quantitative estimate of drug-likeness (QED) is 0.711. The van der Waals surface area contributed by atoms with E-state index < -0.39 is 0 Å². The fourth-order valence-electron chi connectivity index (χ4n) is 2.63. The first-order valence-electron chi connectivity index (χ1n) is 6.60. The Hall–Kier alpha value is -0.0800. The van der Waals surface area contributed by atoms with Crippen molar-refractivity contribution in [2.24, 2.45) is 5.41 Å². The van der Waals surface area contributed by atoms with Crippen molar-refractivity contribution in [2.45, 2.75) is 64.8 Å². The predicted octanol–water partition coefficient (Wildman–Crippen LogP) is 2.71. The van der Waals surface area contributed by atoms with Crippen molar-refractivity contribution >= 4 is 0 Å². The smallest absolute Gasteiger partial charge is 0.0499 e. The average molecular weight is 213 g/mol. The third kappa shape index (κ3) is 3.76. The van der Waals surface area contributed by atoms with E-state index in [-0.39, 0.29) is 5.41 Å². The van der Waals surface area contributed by atoms with Crippen molar-refractivity contribution in [1.29, 1.82) is 0 Å². The van der Waals surface area contributed by atoms with Gasteiger partial charge in [-0.1, -0.05) is 33.1 Å². The van der Waals surface area contributed by atoms with Gasteiger partial charge >= 0.3 is 0 Å². The molecule has 0 aromatic carbocycles. The number of hydrogen-bond acceptors (Lipinski definition) is 2. The molecule has 0 unspecified atom stereocenters. The molecule has 15 heavy (non-hydrogen) atoms. The van der Waals surface area contributed by atoms with E-state index >= 15 is 0 Å². The lowest BCUT2D eigenvalue weighted by Crippen LogP contribution is -2.42. The summed E-state index contributed by atoms with van der Waals surface area (Å²) in [7, 11) is 0. The topological polar surface area (TPSA) is 32.3 Å². The maximum absolute atomic E-state index is 9.56. The lowest BCUT2D eigenvalue weighted by atomic mass is 9.74. The van der Waals surface area contributed by atoms with Crippen LogP contribution in [0.2, 0.25) is 0 Å². The summed E-state index contributed by atoms with van der Waals surface area (Å²) >= 11 is 0. The lowest BCUT2D eigenvalue weighted by molar-refractivity contribution is 0.0779. The minimum absolute atomic E-state index is 0.195. The second kappa shape index (κ2) is 6.49. The van der Waals surface area contributed by atoms with E-state index in [0.29, 0.717) is 12.6 Å². The summed E-state index contributed by atoms with van der Waals surface area (Å²) in [5, 5.41) is 13.2. The summed E-state index contributed by atoms with van der Waals surface area (Å²) in [4.78, 5) is 0. The van der Waals surface area contributed by atoms with E-state index in [1.54, 1.807) is 0 Å². The summed E-state index contributed by atoms with van der Waals surface area (Å²) in [6, 6.07) is 0.635. The highest BCUT2D eigenvalue weighted by atomic mass is 16.3. The molecule has 0 aliphatic heterocycles. The van der Waals surface area contributed by atoms with Crippen LogP contribution in [0.5, 0.6) is 0 Å². The van der Waals surface area contributed by atoms with Gasteiger partial charge < -0.3 is 10.4 Å². The largest absolute Gasteiger partial charge is 0.396 e. The summed E-state index contributed by atoms with van der Waals surface area (Å²) in [5.74, 6) is 0. The molecule has 0 aromatic heterocycles. The van der Waals surface area contributed by atoms with Crippen LogP contribution in [0.15, 0.2) is 0 Å². The Morgan fingerprint density at radius 3 is 2.20 bits per heavy atom. The molecule has 0 heterocycles. The number of nitrogens with one attached hydrogen (secondary N) is 1. The molecule has 0 aromatic rings. The molecule has 1 fully saturated rings. The number of rotatable bonds is 6. The highest BCUT2D eigenvalue weighted by Crippen LogP contribution is 2.35. The van der Waals surface area contributed by atoms with Crippen molar-refractivity contribution in [3.8, 4) is 0 Å². The molecule has 1 saturated carbocycles. The zero-order valence-corrected chi connectivity index (χ0v) is 10.4. The van der Waals surface area contributed by atoms with E-state index in [9.17, 15) is 5.11 Å². The number of aliphatic hydroxyl groups is 1. The van der Waals surface area contributed by atoms with Crippen molar-refractivity contribution in [1.82, 2.24) is 5.32 Å². The van der Waals surface area contributed by atoms with Gasteiger partial charge in [-0.05, 0) is 25.7 Å². The minimum Gasteiger partial charge on any atom is -0.396 e. The molecule has 90 valence electrons. The van der Waals surface area contributed by atoms with Gasteiger partial charge in [-0.3, -0.25) is 0 Å². The van der Waals surface area contributed by atoms with Crippen LogP contribution in [0, 0.1) is 5.41 Å². The normalized spacial score (nSPS) is 20.8. The molecule has 0 bridgehead atoms. The number of hydrogen-bond donors (Lipinski definition) is 2. The predicted molar refractivity (Wildman–Crippen MR) is 65.0 cm³/mol. The highest BCUT2D eigenvalue weighted by Gasteiger charge is 2.31. The standard InChI is InChI=1S/C13H27NO/c1-3-12(4-2)14-10-13(11-15)8-6-5-7-9-13/h12,14-15H,3-11H2,1-2H3. The van der Waals surface area contributed by atoms with Gasteiger partial charge in [-0.25, -0.2) is 0 Å². The van der Waals surface area contributed by atoms with Crippen LogP contribution in [0.25, 0.3) is 0 Å². The SMILES string of the molecule is CCC(CC)NCC1(CO)CCCCC1. The van der Waals surface area contributed by atoms with Crippen LogP contribution in [-0.4, -0.2) is 24.3 Å². The van der Waals surface area contributed by atoms with Gasteiger partial charge in [-0.15, -0.1) is 0 Å². The lowest BCUT2D eigenvalue weighted by Gasteiger charge is -2.37. The first-order chi connectivity index (χ1) is 7.26.